The van der Waals surface area contributed by atoms with Gasteiger partial charge in [-0.15, -0.1) is 0 Å². The smallest absolute Gasteiger partial charge is 0.0992 e. The number of hydrogen-bond acceptors (Lipinski definition) is 2. The summed E-state index contributed by atoms with van der Waals surface area (Å²) < 4.78 is 0. The van der Waals surface area contributed by atoms with Crippen molar-refractivity contribution in [3.8, 4) is 6.07 Å². The topological polar surface area (TPSA) is 35.8 Å². The molecule has 0 radical (unpaired) electrons. The van der Waals surface area contributed by atoms with E-state index in [-0.39, 0.29) is 0 Å². The van der Waals surface area contributed by atoms with Gasteiger partial charge >= 0.3 is 0 Å². The molecule has 102 valence electrons. The lowest BCUT2D eigenvalue weighted by Gasteiger charge is -2.29. The molecular weight excluding hydrogens is 256 g/mol. The maximum atomic E-state index is 8.82. The molecule has 3 heteroatoms. The number of nitriles is 1. The van der Waals surface area contributed by atoms with Crippen LogP contribution in [0.2, 0.25) is 5.02 Å². The summed E-state index contributed by atoms with van der Waals surface area (Å²) in [5.74, 6) is 0.916. The van der Waals surface area contributed by atoms with Crippen LogP contribution >= 0.6 is 11.6 Å². The Morgan fingerprint density at radius 3 is 2.63 bits per heavy atom. The fraction of sp³-hybridized carbons (Fsp3) is 0.562. The summed E-state index contributed by atoms with van der Waals surface area (Å²) in [5.41, 5.74) is 1.57. The maximum absolute atomic E-state index is 8.82. The summed E-state index contributed by atoms with van der Waals surface area (Å²) in [4.78, 5) is 0. The van der Waals surface area contributed by atoms with Crippen molar-refractivity contribution in [2.45, 2.75) is 51.5 Å². The van der Waals surface area contributed by atoms with E-state index in [1.807, 2.05) is 12.1 Å². The molecule has 0 aliphatic heterocycles. The van der Waals surface area contributed by atoms with Crippen LogP contribution in [0.15, 0.2) is 18.2 Å². The zero-order valence-electron chi connectivity index (χ0n) is 11.5. The van der Waals surface area contributed by atoms with Crippen LogP contribution in [0.1, 0.15) is 51.0 Å². The van der Waals surface area contributed by atoms with E-state index in [0.717, 1.165) is 11.6 Å². The quantitative estimate of drug-likeness (QED) is 0.841. The maximum Gasteiger partial charge on any atom is 0.0992 e. The predicted molar refractivity (Wildman–Crippen MR) is 80.4 cm³/mol. The summed E-state index contributed by atoms with van der Waals surface area (Å²) in [6, 6.07) is 8.09. The molecule has 1 aliphatic carbocycles. The minimum Gasteiger partial charge on any atom is -0.381 e. The van der Waals surface area contributed by atoms with Gasteiger partial charge in [-0.3, -0.25) is 0 Å². The molecule has 1 aliphatic rings. The normalized spacial score (nSPS) is 22.8. The lowest BCUT2D eigenvalue weighted by Crippen LogP contribution is -2.26. The van der Waals surface area contributed by atoms with Crippen LogP contribution in [0.4, 0.5) is 5.69 Å². The second-order valence-corrected chi connectivity index (χ2v) is 5.86. The molecule has 0 bridgehead atoms. The molecule has 0 unspecified atom stereocenters. The summed E-state index contributed by atoms with van der Waals surface area (Å²) in [6.07, 6.45) is 7.75. The van der Waals surface area contributed by atoms with E-state index in [0.29, 0.717) is 16.6 Å². The standard InChI is InChI=1S/C16H21ClN2/c1-2-3-12-4-7-14(8-5-12)19-16-9-6-13(11-18)10-15(16)17/h6,9-10,12,14,19H,2-5,7-8H2,1H3. The lowest BCUT2D eigenvalue weighted by molar-refractivity contribution is 0.319. The number of hydrogen-bond donors (Lipinski definition) is 1. The molecule has 19 heavy (non-hydrogen) atoms. The van der Waals surface area contributed by atoms with Gasteiger partial charge in [-0.05, 0) is 49.8 Å². The average Bonchev–Trinajstić information content (AvgIpc) is 2.43. The predicted octanol–water partition coefficient (Wildman–Crippen LogP) is 4.98. The first-order chi connectivity index (χ1) is 9.22. The first-order valence-electron chi connectivity index (χ1n) is 7.19. The minimum absolute atomic E-state index is 0.526. The van der Waals surface area contributed by atoms with Crippen LogP contribution in [0.5, 0.6) is 0 Å². The number of nitrogens with one attached hydrogen (secondary N) is 1. The third kappa shape index (κ3) is 3.88. The summed E-state index contributed by atoms with van der Waals surface area (Å²) in [6.45, 7) is 2.26. The van der Waals surface area contributed by atoms with Gasteiger partial charge in [-0.2, -0.15) is 5.26 Å². The van der Waals surface area contributed by atoms with Crippen LogP contribution in [0.3, 0.4) is 0 Å². The third-order valence-electron chi connectivity index (χ3n) is 4.00. The zero-order valence-corrected chi connectivity index (χ0v) is 12.2. The van der Waals surface area contributed by atoms with Gasteiger partial charge in [-0.25, -0.2) is 0 Å². The highest BCUT2D eigenvalue weighted by atomic mass is 35.5. The minimum atomic E-state index is 0.526. The van der Waals surface area contributed by atoms with Crippen molar-refractivity contribution in [3.63, 3.8) is 0 Å². The molecule has 0 aromatic heterocycles. The van der Waals surface area contributed by atoms with Crippen molar-refractivity contribution in [1.82, 2.24) is 0 Å². The molecule has 0 amide bonds. The number of nitrogens with zero attached hydrogens (tertiary/aromatic N) is 1. The van der Waals surface area contributed by atoms with Crippen LogP contribution in [0, 0.1) is 17.2 Å². The fourth-order valence-electron chi connectivity index (χ4n) is 2.93. The average molecular weight is 277 g/mol. The van der Waals surface area contributed by atoms with E-state index >= 15 is 0 Å². The molecule has 0 atom stereocenters. The number of halogens is 1. The van der Waals surface area contributed by atoms with E-state index in [1.165, 1.54) is 38.5 Å². The number of rotatable bonds is 4. The molecule has 0 heterocycles. The Morgan fingerprint density at radius 2 is 2.05 bits per heavy atom. The van der Waals surface area contributed by atoms with E-state index in [4.69, 9.17) is 16.9 Å². The number of benzene rings is 1. The van der Waals surface area contributed by atoms with E-state index in [2.05, 4.69) is 18.3 Å². The second-order valence-electron chi connectivity index (χ2n) is 5.46. The van der Waals surface area contributed by atoms with Crippen molar-refractivity contribution >= 4 is 17.3 Å². The van der Waals surface area contributed by atoms with Crippen molar-refractivity contribution < 1.29 is 0 Å². The Kier molecular flexibility index (Phi) is 5.10. The first-order valence-corrected chi connectivity index (χ1v) is 7.57. The Hall–Kier alpha value is -1.20. The summed E-state index contributed by atoms with van der Waals surface area (Å²) >= 11 is 6.19. The molecule has 1 fully saturated rings. The molecule has 0 spiro atoms. The van der Waals surface area contributed by atoms with Gasteiger partial charge in [0.15, 0.2) is 0 Å². The van der Waals surface area contributed by atoms with Gasteiger partial charge < -0.3 is 5.32 Å². The van der Waals surface area contributed by atoms with Gasteiger partial charge in [0.1, 0.15) is 0 Å². The van der Waals surface area contributed by atoms with Crippen molar-refractivity contribution in [2.75, 3.05) is 5.32 Å². The Bertz CT molecular complexity index is 456. The van der Waals surface area contributed by atoms with Gasteiger partial charge in [0.05, 0.1) is 22.3 Å². The highest BCUT2D eigenvalue weighted by Crippen LogP contribution is 2.31. The zero-order chi connectivity index (χ0) is 13.7. The summed E-state index contributed by atoms with van der Waals surface area (Å²) in [7, 11) is 0. The Balaban J connectivity index is 1.91. The van der Waals surface area contributed by atoms with Crippen molar-refractivity contribution in [1.29, 1.82) is 5.26 Å². The lowest BCUT2D eigenvalue weighted by atomic mass is 9.83. The molecule has 1 saturated carbocycles. The summed E-state index contributed by atoms with van der Waals surface area (Å²) in [5, 5.41) is 13.0. The highest BCUT2D eigenvalue weighted by molar-refractivity contribution is 6.33. The third-order valence-corrected chi connectivity index (χ3v) is 4.31. The van der Waals surface area contributed by atoms with Crippen molar-refractivity contribution in [3.05, 3.63) is 28.8 Å². The van der Waals surface area contributed by atoms with Gasteiger partial charge in [0, 0.05) is 6.04 Å². The van der Waals surface area contributed by atoms with Crippen molar-refractivity contribution in [2.24, 2.45) is 5.92 Å². The Morgan fingerprint density at radius 1 is 1.32 bits per heavy atom. The monoisotopic (exact) mass is 276 g/mol. The van der Waals surface area contributed by atoms with Crippen LogP contribution in [0.25, 0.3) is 0 Å². The van der Waals surface area contributed by atoms with Crippen LogP contribution in [-0.2, 0) is 0 Å². The molecule has 2 nitrogen and oxygen atoms in total. The molecular formula is C16H21ClN2. The largest absolute Gasteiger partial charge is 0.381 e. The van der Waals surface area contributed by atoms with Crippen LogP contribution in [-0.4, -0.2) is 6.04 Å². The highest BCUT2D eigenvalue weighted by Gasteiger charge is 2.20. The fourth-order valence-corrected chi connectivity index (χ4v) is 3.16. The van der Waals surface area contributed by atoms with E-state index in [1.54, 1.807) is 6.07 Å². The van der Waals surface area contributed by atoms with Gasteiger partial charge in [0.2, 0.25) is 0 Å². The van der Waals surface area contributed by atoms with Gasteiger partial charge in [0.25, 0.3) is 0 Å². The molecule has 1 N–H and O–H groups in total. The molecule has 2 rings (SSSR count). The SMILES string of the molecule is CCCC1CCC(Nc2ccc(C#N)cc2Cl)CC1. The molecule has 0 saturated heterocycles. The Labute approximate surface area is 120 Å². The van der Waals surface area contributed by atoms with E-state index in [9.17, 15) is 0 Å². The van der Waals surface area contributed by atoms with Gasteiger partial charge in [-0.1, -0.05) is 31.4 Å². The van der Waals surface area contributed by atoms with Crippen LogP contribution < -0.4 is 5.32 Å². The first kappa shape index (κ1) is 14.2. The molecule has 1 aromatic carbocycles. The van der Waals surface area contributed by atoms with E-state index < -0.39 is 0 Å². The number of anilines is 1. The second kappa shape index (κ2) is 6.82. The molecule has 1 aromatic rings.